The zero-order chi connectivity index (χ0) is 11.1. The van der Waals surface area contributed by atoms with Crippen molar-refractivity contribution in [2.24, 2.45) is 5.92 Å². The lowest BCUT2D eigenvalue weighted by atomic mass is 9.99. The molecule has 2 aliphatic heterocycles. The topological polar surface area (TPSA) is 33.3 Å². The zero-order valence-corrected chi connectivity index (χ0v) is 10.3. The first-order valence-corrected chi connectivity index (χ1v) is 6.98. The summed E-state index contributed by atoms with van der Waals surface area (Å²) in [5.74, 6) is 0.848. The molecule has 2 fully saturated rings. The minimum atomic E-state index is 0.533. The molecule has 0 saturated carbocycles. The van der Waals surface area contributed by atoms with E-state index in [1.54, 1.807) is 0 Å². The molecule has 2 heterocycles. The largest absolute Gasteiger partial charge is 0.378 e. The van der Waals surface area contributed by atoms with Crippen molar-refractivity contribution >= 4 is 0 Å². The van der Waals surface area contributed by atoms with Crippen molar-refractivity contribution in [1.29, 1.82) is 0 Å². The maximum absolute atomic E-state index is 5.72. The standard InChI is InChI=1S/C13H26N2O/c1-2-9-16-13(5-1)6-8-15-11-12-4-3-7-14-10-12/h12-15H,1-11H2. The Morgan fingerprint density at radius 2 is 2.19 bits per heavy atom. The van der Waals surface area contributed by atoms with E-state index in [2.05, 4.69) is 10.6 Å². The Morgan fingerprint density at radius 3 is 2.94 bits per heavy atom. The molecule has 3 heteroatoms. The highest BCUT2D eigenvalue weighted by Gasteiger charge is 2.14. The van der Waals surface area contributed by atoms with Gasteiger partial charge in [-0.1, -0.05) is 0 Å². The van der Waals surface area contributed by atoms with Crippen LogP contribution in [0.2, 0.25) is 0 Å². The van der Waals surface area contributed by atoms with E-state index in [0.29, 0.717) is 6.10 Å². The maximum atomic E-state index is 5.72. The molecule has 0 aromatic heterocycles. The number of nitrogens with one attached hydrogen (secondary N) is 2. The molecule has 94 valence electrons. The summed E-state index contributed by atoms with van der Waals surface area (Å²) in [6.45, 7) is 5.71. The Labute approximate surface area is 99.3 Å². The summed E-state index contributed by atoms with van der Waals surface area (Å²) >= 11 is 0. The molecule has 16 heavy (non-hydrogen) atoms. The molecule has 0 amide bonds. The van der Waals surface area contributed by atoms with Gasteiger partial charge in [-0.25, -0.2) is 0 Å². The second-order valence-electron chi connectivity index (χ2n) is 5.19. The lowest BCUT2D eigenvalue weighted by molar-refractivity contribution is 0.0114. The van der Waals surface area contributed by atoms with Crippen molar-refractivity contribution in [3.8, 4) is 0 Å². The fourth-order valence-corrected chi connectivity index (χ4v) is 2.70. The first-order valence-electron chi connectivity index (χ1n) is 6.98. The highest BCUT2D eigenvalue weighted by molar-refractivity contribution is 4.72. The molecule has 0 aromatic carbocycles. The molecule has 3 nitrogen and oxygen atoms in total. The Morgan fingerprint density at radius 1 is 1.19 bits per heavy atom. The van der Waals surface area contributed by atoms with E-state index in [1.807, 2.05) is 0 Å². The SMILES string of the molecule is C1CCC(CCNCC2CCCNC2)OC1. The Balaban J connectivity index is 1.47. The minimum absolute atomic E-state index is 0.533. The molecule has 0 spiro atoms. The van der Waals surface area contributed by atoms with Crippen LogP contribution in [0.3, 0.4) is 0 Å². The molecule has 2 aliphatic rings. The third-order valence-electron chi connectivity index (χ3n) is 3.75. The van der Waals surface area contributed by atoms with Crippen molar-refractivity contribution in [2.75, 3.05) is 32.8 Å². The number of ether oxygens (including phenoxy) is 1. The maximum Gasteiger partial charge on any atom is 0.0587 e. The summed E-state index contributed by atoms with van der Waals surface area (Å²) < 4.78 is 5.72. The number of rotatable bonds is 5. The van der Waals surface area contributed by atoms with Gasteiger partial charge in [-0.15, -0.1) is 0 Å². The summed E-state index contributed by atoms with van der Waals surface area (Å²) in [7, 11) is 0. The normalized spacial score (nSPS) is 31.5. The fraction of sp³-hybridized carbons (Fsp3) is 1.00. The van der Waals surface area contributed by atoms with E-state index in [0.717, 1.165) is 19.1 Å². The Bertz CT molecular complexity index is 155. The van der Waals surface area contributed by atoms with Gasteiger partial charge in [0.05, 0.1) is 6.10 Å². The highest BCUT2D eigenvalue weighted by atomic mass is 16.5. The lowest BCUT2D eigenvalue weighted by Crippen LogP contribution is -2.37. The zero-order valence-electron chi connectivity index (χ0n) is 10.3. The van der Waals surface area contributed by atoms with Gasteiger partial charge in [-0.3, -0.25) is 0 Å². The molecule has 0 aliphatic carbocycles. The molecule has 0 bridgehead atoms. The van der Waals surface area contributed by atoms with E-state index in [9.17, 15) is 0 Å². The number of hydrogen-bond donors (Lipinski definition) is 2. The van der Waals surface area contributed by atoms with Gasteiger partial charge in [-0.05, 0) is 70.6 Å². The summed E-state index contributed by atoms with van der Waals surface area (Å²) in [6, 6.07) is 0. The van der Waals surface area contributed by atoms with E-state index in [-0.39, 0.29) is 0 Å². The quantitative estimate of drug-likeness (QED) is 0.698. The van der Waals surface area contributed by atoms with E-state index in [1.165, 1.54) is 58.2 Å². The fourth-order valence-electron chi connectivity index (χ4n) is 2.70. The smallest absolute Gasteiger partial charge is 0.0587 e. The van der Waals surface area contributed by atoms with Gasteiger partial charge in [0.25, 0.3) is 0 Å². The van der Waals surface area contributed by atoms with Crippen LogP contribution in [-0.2, 0) is 4.74 Å². The van der Waals surface area contributed by atoms with E-state index >= 15 is 0 Å². The average Bonchev–Trinajstić information content (AvgIpc) is 2.37. The highest BCUT2D eigenvalue weighted by Crippen LogP contribution is 2.15. The first-order chi connectivity index (χ1) is 7.95. The van der Waals surface area contributed by atoms with Crippen LogP contribution in [0.25, 0.3) is 0 Å². The minimum Gasteiger partial charge on any atom is -0.378 e. The predicted octanol–water partition coefficient (Wildman–Crippen LogP) is 1.53. The molecule has 2 rings (SSSR count). The van der Waals surface area contributed by atoms with Crippen LogP contribution < -0.4 is 10.6 Å². The predicted molar refractivity (Wildman–Crippen MR) is 66.7 cm³/mol. The third kappa shape index (κ3) is 4.40. The van der Waals surface area contributed by atoms with Gasteiger partial charge in [-0.2, -0.15) is 0 Å². The van der Waals surface area contributed by atoms with Gasteiger partial charge in [0.15, 0.2) is 0 Å². The van der Waals surface area contributed by atoms with Crippen LogP contribution in [0.4, 0.5) is 0 Å². The van der Waals surface area contributed by atoms with Crippen LogP contribution in [-0.4, -0.2) is 38.9 Å². The first kappa shape index (κ1) is 12.3. The average molecular weight is 226 g/mol. The van der Waals surface area contributed by atoms with Crippen LogP contribution in [0.1, 0.15) is 38.5 Å². The molecule has 2 N–H and O–H groups in total. The van der Waals surface area contributed by atoms with Crippen LogP contribution in [0.5, 0.6) is 0 Å². The molecule has 0 aromatic rings. The van der Waals surface area contributed by atoms with Crippen molar-refractivity contribution in [2.45, 2.75) is 44.6 Å². The molecule has 2 unspecified atom stereocenters. The van der Waals surface area contributed by atoms with E-state index in [4.69, 9.17) is 4.74 Å². The van der Waals surface area contributed by atoms with Gasteiger partial charge >= 0.3 is 0 Å². The molecule has 2 saturated heterocycles. The Kier molecular flexibility index (Phi) is 5.59. The van der Waals surface area contributed by atoms with Crippen molar-refractivity contribution in [3.05, 3.63) is 0 Å². The number of hydrogen-bond acceptors (Lipinski definition) is 3. The van der Waals surface area contributed by atoms with Gasteiger partial charge in [0, 0.05) is 6.61 Å². The van der Waals surface area contributed by atoms with Crippen molar-refractivity contribution in [1.82, 2.24) is 10.6 Å². The summed E-state index contributed by atoms with van der Waals surface area (Å²) in [6.07, 6.45) is 8.35. The lowest BCUT2D eigenvalue weighted by Gasteiger charge is -2.25. The molecule has 0 radical (unpaired) electrons. The summed E-state index contributed by atoms with van der Waals surface area (Å²) in [5, 5.41) is 7.04. The van der Waals surface area contributed by atoms with Gasteiger partial charge < -0.3 is 15.4 Å². The molecule has 2 atom stereocenters. The van der Waals surface area contributed by atoms with Gasteiger partial charge in [0.1, 0.15) is 0 Å². The van der Waals surface area contributed by atoms with Crippen molar-refractivity contribution in [3.63, 3.8) is 0 Å². The second kappa shape index (κ2) is 7.25. The van der Waals surface area contributed by atoms with Gasteiger partial charge in [0.2, 0.25) is 0 Å². The Hall–Kier alpha value is -0.120. The van der Waals surface area contributed by atoms with Crippen LogP contribution in [0.15, 0.2) is 0 Å². The molecular formula is C13H26N2O. The monoisotopic (exact) mass is 226 g/mol. The van der Waals surface area contributed by atoms with E-state index < -0.39 is 0 Å². The third-order valence-corrected chi connectivity index (χ3v) is 3.75. The van der Waals surface area contributed by atoms with Crippen molar-refractivity contribution < 1.29 is 4.74 Å². The van der Waals surface area contributed by atoms with Crippen LogP contribution >= 0.6 is 0 Å². The van der Waals surface area contributed by atoms with Crippen LogP contribution in [0, 0.1) is 5.92 Å². The summed E-state index contributed by atoms with van der Waals surface area (Å²) in [4.78, 5) is 0. The summed E-state index contributed by atoms with van der Waals surface area (Å²) in [5.41, 5.74) is 0. The second-order valence-corrected chi connectivity index (χ2v) is 5.19. The number of piperidine rings is 1. The molecular weight excluding hydrogens is 200 g/mol.